The van der Waals surface area contributed by atoms with Gasteiger partial charge in [-0.2, -0.15) is 0 Å². The van der Waals surface area contributed by atoms with E-state index in [0.29, 0.717) is 12.8 Å². The molecule has 1 N–H and O–H groups in total. The highest BCUT2D eigenvalue weighted by molar-refractivity contribution is 5.17. The number of ether oxygens (including phenoxy) is 2. The lowest BCUT2D eigenvalue weighted by molar-refractivity contribution is -0.0847. The van der Waals surface area contributed by atoms with E-state index in [1.54, 1.807) is 0 Å². The van der Waals surface area contributed by atoms with Crippen molar-refractivity contribution < 1.29 is 14.6 Å². The molecule has 1 heterocycles. The first-order chi connectivity index (χ1) is 7.33. The monoisotopic (exact) mass is 206 g/mol. The van der Waals surface area contributed by atoms with Gasteiger partial charge in [-0.15, -0.1) is 0 Å². The third-order valence-corrected chi connectivity index (χ3v) is 3.09. The standard InChI is InChI=1S/C12H14O3/c13-9-6-10-11(7-9)15-12(14-10)8-4-2-1-3-5-8/h1-5,9-13H,6-7H2/t9?,10-,11?,12?/m0/s1. The summed E-state index contributed by atoms with van der Waals surface area (Å²) in [5.74, 6) is 0. The van der Waals surface area contributed by atoms with E-state index >= 15 is 0 Å². The second kappa shape index (κ2) is 3.59. The first kappa shape index (κ1) is 9.33. The van der Waals surface area contributed by atoms with Crippen molar-refractivity contribution in [1.29, 1.82) is 0 Å². The van der Waals surface area contributed by atoms with E-state index in [2.05, 4.69) is 0 Å². The molecule has 80 valence electrons. The van der Waals surface area contributed by atoms with Gasteiger partial charge in [0.2, 0.25) is 0 Å². The lowest BCUT2D eigenvalue weighted by Gasteiger charge is -2.12. The second-order valence-corrected chi connectivity index (χ2v) is 4.22. The molecule has 1 aliphatic carbocycles. The molecule has 3 unspecified atom stereocenters. The smallest absolute Gasteiger partial charge is 0.184 e. The predicted molar refractivity (Wildman–Crippen MR) is 54.2 cm³/mol. The molecule has 15 heavy (non-hydrogen) atoms. The zero-order chi connectivity index (χ0) is 10.3. The first-order valence-corrected chi connectivity index (χ1v) is 5.37. The van der Waals surface area contributed by atoms with Crippen LogP contribution >= 0.6 is 0 Å². The number of fused-ring (bicyclic) bond motifs is 1. The lowest BCUT2D eigenvalue weighted by Crippen LogP contribution is -2.13. The van der Waals surface area contributed by atoms with Gasteiger partial charge in [-0.3, -0.25) is 0 Å². The maximum Gasteiger partial charge on any atom is 0.184 e. The summed E-state index contributed by atoms with van der Waals surface area (Å²) in [7, 11) is 0. The molecule has 3 rings (SSSR count). The molecule has 1 saturated carbocycles. The highest BCUT2D eigenvalue weighted by Crippen LogP contribution is 2.39. The largest absolute Gasteiger partial charge is 0.393 e. The van der Waals surface area contributed by atoms with E-state index in [1.807, 2.05) is 30.3 Å². The fraction of sp³-hybridized carbons (Fsp3) is 0.500. The van der Waals surface area contributed by atoms with Crippen LogP contribution in [0.15, 0.2) is 30.3 Å². The molecule has 3 heteroatoms. The topological polar surface area (TPSA) is 38.7 Å². The molecule has 0 amide bonds. The van der Waals surface area contributed by atoms with Gasteiger partial charge in [0.15, 0.2) is 6.29 Å². The van der Waals surface area contributed by atoms with Crippen molar-refractivity contribution in [2.45, 2.75) is 37.4 Å². The molecule has 0 bridgehead atoms. The summed E-state index contributed by atoms with van der Waals surface area (Å²) in [6, 6.07) is 9.93. The zero-order valence-corrected chi connectivity index (χ0v) is 8.37. The maximum atomic E-state index is 9.43. The Morgan fingerprint density at radius 3 is 2.20 bits per heavy atom. The van der Waals surface area contributed by atoms with Gasteiger partial charge in [0, 0.05) is 18.4 Å². The minimum absolute atomic E-state index is 0.0743. The van der Waals surface area contributed by atoms with Crippen molar-refractivity contribution >= 4 is 0 Å². The molecule has 2 aliphatic rings. The molecule has 1 aromatic rings. The molecule has 0 spiro atoms. The van der Waals surface area contributed by atoms with Crippen molar-refractivity contribution in [3.63, 3.8) is 0 Å². The third-order valence-electron chi connectivity index (χ3n) is 3.09. The van der Waals surface area contributed by atoms with Gasteiger partial charge in [-0.25, -0.2) is 0 Å². The summed E-state index contributed by atoms with van der Waals surface area (Å²) in [6.07, 6.45) is 1.06. The van der Waals surface area contributed by atoms with Crippen molar-refractivity contribution in [2.75, 3.05) is 0 Å². The maximum absolute atomic E-state index is 9.43. The number of hydrogen-bond donors (Lipinski definition) is 1. The predicted octanol–water partition coefficient (Wildman–Crippen LogP) is 1.62. The average Bonchev–Trinajstić information content (AvgIpc) is 2.76. The number of aliphatic hydroxyl groups is 1. The summed E-state index contributed by atoms with van der Waals surface area (Å²) >= 11 is 0. The van der Waals surface area contributed by atoms with E-state index in [0.717, 1.165) is 5.56 Å². The van der Waals surface area contributed by atoms with Gasteiger partial charge in [-0.1, -0.05) is 30.3 Å². The summed E-state index contributed by atoms with van der Waals surface area (Å²) in [5.41, 5.74) is 1.06. The van der Waals surface area contributed by atoms with Gasteiger partial charge in [0.25, 0.3) is 0 Å². The van der Waals surface area contributed by atoms with Crippen LogP contribution in [0.4, 0.5) is 0 Å². The fourth-order valence-corrected chi connectivity index (χ4v) is 2.34. The minimum Gasteiger partial charge on any atom is -0.393 e. The second-order valence-electron chi connectivity index (χ2n) is 4.22. The average molecular weight is 206 g/mol. The number of benzene rings is 1. The lowest BCUT2D eigenvalue weighted by atomic mass is 10.2. The van der Waals surface area contributed by atoms with Gasteiger partial charge < -0.3 is 14.6 Å². The SMILES string of the molecule is OC1CC2OC(c3ccccc3)O[C@H]2C1. The number of rotatable bonds is 1. The fourth-order valence-electron chi connectivity index (χ4n) is 2.34. The van der Waals surface area contributed by atoms with Crippen LogP contribution in [0.1, 0.15) is 24.7 Å². The summed E-state index contributed by atoms with van der Waals surface area (Å²) < 4.78 is 11.5. The molecule has 2 fully saturated rings. The number of hydrogen-bond acceptors (Lipinski definition) is 3. The van der Waals surface area contributed by atoms with Crippen LogP contribution in [0, 0.1) is 0 Å². The van der Waals surface area contributed by atoms with E-state index in [1.165, 1.54) is 0 Å². The van der Waals surface area contributed by atoms with E-state index in [4.69, 9.17) is 9.47 Å². The summed E-state index contributed by atoms with van der Waals surface area (Å²) in [6.45, 7) is 0. The van der Waals surface area contributed by atoms with Crippen LogP contribution in [-0.4, -0.2) is 23.4 Å². The van der Waals surface area contributed by atoms with Crippen LogP contribution in [-0.2, 0) is 9.47 Å². The number of aliphatic hydroxyl groups excluding tert-OH is 1. The Balaban J connectivity index is 1.73. The van der Waals surface area contributed by atoms with Gasteiger partial charge in [0.05, 0.1) is 18.3 Å². The highest BCUT2D eigenvalue weighted by Gasteiger charge is 2.43. The highest BCUT2D eigenvalue weighted by atomic mass is 16.7. The Bertz CT molecular complexity index is 324. The van der Waals surface area contributed by atoms with Crippen LogP contribution in [0.25, 0.3) is 0 Å². The first-order valence-electron chi connectivity index (χ1n) is 5.37. The Hall–Kier alpha value is -0.900. The van der Waals surface area contributed by atoms with Gasteiger partial charge in [0.1, 0.15) is 0 Å². The molecule has 1 saturated heterocycles. The molecule has 0 aromatic heterocycles. The van der Waals surface area contributed by atoms with E-state index in [9.17, 15) is 5.11 Å². The molecule has 4 atom stereocenters. The van der Waals surface area contributed by atoms with Crippen LogP contribution in [0.5, 0.6) is 0 Å². The van der Waals surface area contributed by atoms with Crippen LogP contribution < -0.4 is 0 Å². The van der Waals surface area contributed by atoms with Crippen molar-refractivity contribution in [1.82, 2.24) is 0 Å². The van der Waals surface area contributed by atoms with E-state index in [-0.39, 0.29) is 24.6 Å². The summed E-state index contributed by atoms with van der Waals surface area (Å²) in [4.78, 5) is 0. The Morgan fingerprint density at radius 2 is 1.60 bits per heavy atom. The Labute approximate surface area is 88.6 Å². The van der Waals surface area contributed by atoms with Crippen molar-refractivity contribution in [3.8, 4) is 0 Å². The summed E-state index contributed by atoms with van der Waals surface area (Å²) in [5, 5.41) is 9.43. The zero-order valence-electron chi connectivity index (χ0n) is 8.37. The quantitative estimate of drug-likeness (QED) is 0.759. The van der Waals surface area contributed by atoms with Crippen molar-refractivity contribution in [2.24, 2.45) is 0 Å². The molecule has 1 aromatic carbocycles. The molecule has 3 nitrogen and oxygen atoms in total. The Kier molecular flexibility index (Phi) is 2.24. The third kappa shape index (κ3) is 1.67. The van der Waals surface area contributed by atoms with Crippen LogP contribution in [0.2, 0.25) is 0 Å². The molecule has 1 aliphatic heterocycles. The minimum atomic E-state index is -0.253. The Morgan fingerprint density at radius 1 is 1.00 bits per heavy atom. The van der Waals surface area contributed by atoms with Crippen molar-refractivity contribution in [3.05, 3.63) is 35.9 Å². The van der Waals surface area contributed by atoms with Gasteiger partial charge in [-0.05, 0) is 0 Å². The normalized spacial score (nSPS) is 39.3. The van der Waals surface area contributed by atoms with Crippen LogP contribution in [0.3, 0.4) is 0 Å². The molecule has 0 radical (unpaired) electrons. The van der Waals surface area contributed by atoms with E-state index < -0.39 is 0 Å². The molecular weight excluding hydrogens is 192 g/mol. The molecular formula is C12H14O3. The van der Waals surface area contributed by atoms with Gasteiger partial charge >= 0.3 is 0 Å².